The van der Waals surface area contributed by atoms with E-state index in [1.807, 2.05) is 6.92 Å². The summed E-state index contributed by atoms with van der Waals surface area (Å²) >= 11 is 0. The van der Waals surface area contributed by atoms with Crippen LogP contribution in [0.1, 0.15) is 45.4 Å². The summed E-state index contributed by atoms with van der Waals surface area (Å²) in [6.07, 6.45) is 6.78. The van der Waals surface area contributed by atoms with Gasteiger partial charge in [-0.1, -0.05) is 6.42 Å². The molecule has 0 aromatic carbocycles. The molecular formula is C18H36N4O4S. The fraction of sp³-hybridized carbons (Fsp3) is 0.944. The molecule has 0 amide bonds. The highest BCUT2D eigenvalue weighted by atomic mass is 32.2. The third kappa shape index (κ3) is 9.73. The third-order valence-corrected chi connectivity index (χ3v) is 6.22. The van der Waals surface area contributed by atoms with Crippen molar-refractivity contribution in [3.8, 4) is 0 Å². The van der Waals surface area contributed by atoms with Crippen LogP contribution in [0.3, 0.4) is 0 Å². The maximum atomic E-state index is 12.0. The molecule has 27 heavy (non-hydrogen) atoms. The van der Waals surface area contributed by atoms with Crippen molar-refractivity contribution in [2.24, 2.45) is 10.9 Å². The topological polar surface area (TPSA) is 101 Å². The molecule has 2 aliphatic rings. The molecule has 1 aliphatic heterocycles. The highest BCUT2D eigenvalue weighted by Gasteiger charge is 2.20. The van der Waals surface area contributed by atoms with Crippen molar-refractivity contribution in [3.05, 3.63) is 0 Å². The van der Waals surface area contributed by atoms with E-state index >= 15 is 0 Å². The molecule has 1 unspecified atom stereocenters. The lowest BCUT2D eigenvalue weighted by Gasteiger charge is -2.25. The number of nitrogens with one attached hydrogen (secondary N) is 3. The van der Waals surface area contributed by atoms with Crippen molar-refractivity contribution < 1.29 is 17.9 Å². The van der Waals surface area contributed by atoms with Gasteiger partial charge in [0.25, 0.3) is 0 Å². The van der Waals surface area contributed by atoms with Crippen LogP contribution in [-0.2, 0) is 19.5 Å². The molecule has 1 aliphatic carbocycles. The molecule has 1 heterocycles. The zero-order chi connectivity index (χ0) is 19.4. The van der Waals surface area contributed by atoms with Crippen LogP contribution in [0, 0.1) is 5.92 Å². The molecule has 0 radical (unpaired) electrons. The van der Waals surface area contributed by atoms with E-state index in [0.717, 1.165) is 45.3 Å². The molecule has 0 spiro atoms. The number of hydrogen-bond donors (Lipinski definition) is 3. The predicted molar refractivity (Wildman–Crippen MR) is 108 cm³/mol. The molecule has 0 aromatic heterocycles. The number of ether oxygens (including phenoxy) is 2. The Kier molecular flexibility index (Phi) is 10.4. The van der Waals surface area contributed by atoms with E-state index in [1.54, 1.807) is 0 Å². The quantitative estimate of drug-likeness (QED) is 0.239. The predicted octanol–water partition coefficient (Wildman–Crippen LogP) is 0.847. The van der Waals surface area contributed by atoms with Crippen LogP contribution in [0.2, 0.25) is 0 Å². The van der Waals surface area contributed by atoms with Gasteiger partial charge in [0, 0.05) is 39.4 Å². The first-order chi connectivity index (χ1) is 13.1. The highest BCUT2D eigenvalue weighted by Crippen LogP contribution is 2.25. The van der Waals surface area contributed by atoms with Gasteiger partial charge in [-0.2, -0.15) is 0 Å². The summed E-state index contributed by atoms with van der Waals surface area (Å²) in [7, 11) is -3.23. The van der Waals surface area contributed by atoms with Gasteiger partial charge >= 0.3 is 0 Å². The molecule has 1 saturated carbocycles. The molecular weight excluding hydrogens is 368 g/mol. The lowest BCUT2D eigenvalue weighted by atomic mass is 9.86. The van der Waals surface area contributed by atoms with Gasteiger partial charge in [0.05, 0.1) is 18.5 Å². The Labute approximate surface area is 163 Å². The van der Waals surface area contributed by atoms with Gasteiger partial charge in [0.2, 0.25) is 10.0 Å². The Morgan fingerprint density at radius 1 is 1.22 bits per heavy atom. The van der Waals surface area contributed by atoms with Gasteiger partial charge in [0.15, 0.2) is 5.96 Å². The van der Waals surface area contributed by atoms with E-state index in [0.29, 0.717) is 44.7 Å². The Hall–Kier alpha value is -0.900. The Bertz CT molecular complexity index is 531. The molecule has 158 valence electrons. The summed E-state index contributed by atoms with van der Waals surface area (Å²) in [6.45, 7) is 6.42. The first-order valence-corrected chi connectivity index (χ1v) is 11.9. The second-order valence-corrected chi connectivity index (χ2v) is 9.14. The maximum Gasteiger partial charge on any atom is 0.213 e. The summed E-state index contributed by atoms with van der Waals surface area (Å²) in [5, 5.41) is 6.22. The zero-order valence-electron chi connectivity index (χ0n) is 16.5. The van der Waals surface area contributed by atoms with Crippen LogP contribution in [-0.4, -0.2) is 72.2 Å². The van der Waals surface area contributed by atoms with Crippen LogP contribution < -0.4 is 15.4 Å². The van der Waals surface area contributed by atoms with E-state index in [2.05, 4.69) is 20.3 Å². The molecule has 9 heteroatoms. The average Bonchev–Trinajstić information content (AvgIpc) is 3.09. The standard InChI is InChI=1S/C18H36N4O4S/c1-2-19-18(20-9-5-11-25-15-17-8-4-12-26-17)21-10-13-27(23,24)22-14-16-6-3-7-16/h16-17,22H,2-15H2,1H3,(H2,19,20,21). The molecule has 2 rings (SSSR count). The zero-order valence-corrected chi connectivity index (χ0v) is 17.4. The minimum absolute atomic E-state index is 0.0502. The summed E-state index contributed by atoms with van der Waals surface area (Å²) in [5.74, 6) is 1.22. The minimum Gasteiger partial charge on any atom is -0.379 e. The van der Waals surface area contributed by atoms with E-state index in [9.17, 15) is 8.42 Å². The molecule has 1 atom stereocenters. The minimum atomic E-state index is -3.23. The molecule has 0 bridgehead atoms. The molecule has 8 nitrogen and oxygen atoms in total. The van der Waals surface area contributed by atoms with Crippen molar-refractivity contribution in [3.63, 3.8) is 0 Å². The number of rotatable bonds is 13. The second kappa shape index (κ2) is 12.5. The smallest absolute Gasteiger partial charge is 0.213 e. The van der Waals surface area contributed by atoms with Gasteiger partial charge in [-0.15, -0.1) is 0 Å². The number of sulfonamides is 1. The normalized spacial score (nSPS) is 21.2. The molecule has 0 aromatic rings. The first kappa shape index (κ1) is 22.4. The Morgan fingerprint density at radius 3 is 2.74 bits per heavy atom. The van der Waals surface area contributed by atoms with Crippen molar-refractivity contribution in [1.82, 2.24) is 15.4 Å². The first-order valence-electron chi connectivity index (χ1n) is 10.3. The van der Waals surface area contributed by atoms with Crippen LogP contribution in [0.5, 0.6) is 0 Å². The fourth-order valence-corrected chi connectivity index (χ4v) is 4.01. The van der Waals surface area contributed by atoms with Gasteiger partial charge < -0.3 is 20.1 Å². The number of guanidine groups is 1. The molecule has 1 saturated heterocycles. The van der Waals surface area contributed by atoms with Gasteiger partial charge in [-0.3, -0.25) is 4.99 Å². The van der Waals surface area contributed by atoms with E-state index in [4.69, 9.17) is 9.47 Å². The number of hydrogen-bond acceptors (Lipinski definition) is 5. The summed E-state index contributed by atoms with van der Waals surface area (Å²) in [6, 6.07) is 0. The van der Waals surface area contributed by atoms with Crippen LogP contribution in [0.15, 0.2) is 4.99 Å². The van der Waals surface area contributed by atoms with Crippen molar-refractivity contribution >= 4 is 16.0 Å². The lowest BCUT2D eigenvalue weighted by molar-refractivity contribution is 0.0171. The van der Waals surface area contributed by atoms with E-state index < -0.39 is 10.0 Å². The Morgan fingerprint density at radius 2 is 2.07 bits per heavy atom. The van der Waals surface area contributed by atoms with Crippen LogP contribution in [0.25, 0.3) is 0 Å². The van der Waals surface area contributed by atoms with Crippen molar-refractivity contribution in [1.29, 1.82) is 0 Å². The van der Waals surface area contributed by atoms with Crippen LogP contribution >= 0.6 is 0 Å². The van der Waals surface area contributed by atoms with Crippen LogP contribution in [0.4, 0.5) is 0 Å². The summed E-state index contributed by atoms with van der Waals surface area (Å²) < 4.78 is 37.9. The summed E-state index contributed by atoms with van der Waals surface area (Å²) in [4.78, 5) is 4.47. The lowest BCUT2D eigenvalue weighted by Crippen LogP contribution is -2.42. The van der Waals surface area contributed by atoms with E-state index in [-0.39, 0.29) is 11.9 Å². The van der Waals surface area contributed by atoms with Crippen molar-refractivity contribution in [2.75, 3.05) is 51.8 Å². The second-order valence-electron chi connectivity index (χ2n) is 7.22. The summed E-state index contributed by atoms with van der Waals surface area (Å²) in [5.41, 5.74) is 0. The molecule has 3 N–H and O–H groups in total. The van der Waals surface area contributed by atoms with Gasteiger partial charge in [-0.25, -0.2) is 13.1 Å². The monoisotopic (exact) mass is 404 g/mol. The average molecular weight is 405 g/mol. The van der Waals surface area contributed by atoms with E-state index in [1.165, 1.54) is 6.42 Å². The largest absolute Gasteiger partial charge is 0.379 e. The Balaban J connectivity index is 1.56. The number of aliphatic imine (C=N–C) groups is 1. The van der Waals surface area contributed by atoms with Gasteiger partial charge in [0.1, 0.15) is 0 Å². The SMILES string of the molecule is CCNC(=NCCCOCC1CCCO1)NCCS(=O)(=O)NCC1CCC1. The van der Waals surface area contributed by atoms with Gasteiger partial charge in [-0.05, 0) is 44.9 Å². The fourth-order valence-electron chi connectivity index (χ4n) is 3.01. The number of nitrogens with zero attached hydrogens (tertiary/aromatic N) is 1. The highest BCUT2D eigenvalue weighted by molar-refractivity contribution is 7.89. The third-order valence-electron chi connectivity index (χ3n) is 4.87. The van der Waals surface area contributed by atoms with Crippen molar-refractivity contribution in [2.45, 2.75) is 51.6 Å². The molecule has 2 fully saturated rings. The maximum absolute atomic E-state index is 12.0.